The van der Waals surface area contributed by atoms with E-state index < -0.39 is 28.5 Å². The van der Waals surface area contributed by atoms with Gasteiger partial charge in [-0.2, -0.15) is 0 Å². The summed E-state index contributed by atoms with van der Waals surface area (Å²) in [4.78, 5) is 28.5. The van der Waals surface area contributed by atoms with Gasteiger partial charge in [-0.1, -0.05) is 85.6 Å². The molecule has 0 aliphatic rings. The number of carbonyl (C=O) groups excluding carboxylic acids is 2. The van der Waals surface area contributed by atoms with Crippen LogP contribution in [0.3, 0.4) is 0 Å². The van der Waals surface area contributed by atoms with Crippen LogP contribution in [0, 0.1) is 0 Å². The van der Waals surface area contributed by atoms with Gasteiger partial charge in [0.1, 0.15) is 12.6 Å². The van der Waals surface area contributed by atoms with E-state index in [-0.39, 0.29) is 24.8 Å². The third-order valence-electron chi connectivity index (χ3n) is 6.38. The first-order valence-electron chi connectivity index (χ1n) is 12.5. The summed E-state index contributed by atoms with van der Waals surface area (Å²) < 4.78 is 26.7. The Morgan fingerprint density at radius 1 is 0.897 bits per heavy atom. The number of carbonyl (C=O) groups is 2. The topological polar surface area (TPSA) is 86.8 Å². The molecule has 0 aliphatic carbocycles. The first-order chi connectivity index (χ1) is 18.4. The lowest BCUT2D eigenvalue weighted by atomic mass is 10.0. The third-order valence-corrected chi connectivity index (χ3v) is 8.26. The molecule has 1 N–H and O–H groups in total. The first-order valence-corrected chi connectivity index (χ1v) is 15.1. The standard InChI is InChI=1S/C29H33Cl2N3O4S/c1-20(2)23-11-13-24(14-12-23)34(39(4,37)38)19-28(35)33(18-22-10-15-25(30)26(31)16-22)27(29(36)32-3)17-21-8-6-5-7-9-21/h5-16,20,27H,17-19H2,1-4H3,(H,32,36)/t27-/m0/s1. The van der Waals surface area contributed by atoms with Gasteiger partial charge in [0.05, 0.1) is 22.0 Å². The Hall–Kier alpha value is -3.07. The van der Waals surface area contributed by atoms with Crippen molar-refractivity contribution in [1.82, 2.24) is 10.2 Å². The van der Waals surface area contributed by atoms with Gasteiger partial charge in [-0.05, 0) is 46.9 Å². The number of hydrogen-bond acceptors (Lipinski definition) is 4. The van der Waals surface area contributed by atoms with Gasteiger partial charge >= 0.3 is 0 Å². The van der Waals surface area contributed by atoms with Crippen LogP contribution < -0.4 is 9.62 Å². The summed E-state index contributed by atoms with van der Waals surface area (Å²) in [6.45, 7) is 3.62. The number of benzene rings is 3. The van der Waals surface area contributed by atoms with Gasteiger partial charge in [0, 0.05) is 20.0 Å². The zero-order chi connectivity index (χ0) is 28.7. The molecule has 0 bridgehead atoms. The van der Waals surface area contributed by atoms with Crippen molar-refractivity contribution in [2.24, 2.45) is 0 Å². The van der Waals surface area contributed by atoms with Crippen molar-refractivity contribution in [3.8, 4) is 0 Å². The molecule has 2 amide bonds. The Labute approximate surface area is 240 Å². The normalized spacial score (nSPS) is 12.2. The SMILES string of the molecule is CNC(=O)[C@H](Cc1ccccc1)N(Cc1ccc(Cl)c(Cl)c1)C(=O)CN(c1ccc(C(C)C)cc1)S(C)(=O)=O. The van der Waals surface area contributed by atoms with E-state index in [4.69, 9.17) is 23.2 Å². The molecule has 0 saturated heterocycles. The molecule has 10 heteroatoms. The monoisotopic (exact) mass is 589 g/mol. The molecule has 0 spiro atoms. The Kier molecular flexibility index (Phi) is 10.4. The maximum absolute atomic E-state index is 13.9. The lowest BCUT2D eigenvalue weighted by Gasteiger charge is -2.33. The van der Waals surface area contributed by atoms with E-state index in [2.05, 4.69) is 5.32 Å². The largest absolute Gasteiger partial charge is 0.357 e. The third kappa shape index (κ3) is 8.21. The Balaban J connectivity index is 2.03. The van der Waals surface area contributed by atoms with Crippen molar-refractivity contribution in [3.05, 3.63) is 99.5 Å². The fourth-order valence-corrected chi connectivity index (χ4v) is 5.36. The predicted molar refractivity (Wildman–Crippen MR) is 158 cm³/mol. The van der Waals surface area contributed by atoms with Gasteiger partial charge in [0.2, 0.25) is 21.8 Å². The maximum atomic E-state index is 13.9. The van der Waals surface area contributed by atoms with Crippen LogP contribution in [0.25, 0.3) is 0 Å². The van der Waals surface area contributed by atoms with E-state index in [0.717, 1.165) is 21.7 Å². The second-order valence-electron chi connectivity index (χ2n) is 9.61. The Morgan fingerprint density at radius 2 is 1.54 bits per heavy atom. The summed E-state index contributed by atoms with van der Waals surface area (Å²) in [5, 5.41) is 3.32. The molecule has 3 rings (SSSR count). The smallest absolute Gasteiger partial charge is 0.244 e. The molecule has 1 atom stereocenters. The van der Waals surface area contributed by atoms with E-state index in [1.807, 2.05) is 56.3 Å². The predicted octanol–water partition coefficient (Wildman–Crippen LogP) is 5.27. The maximum Gasteiger partial charge on any atom is 0.244 e. The zero-order valence-corrected chi connectivity index (χ0v) is 24.7. The van der Waals surface area contributed by atoms with Gasteiger partial charge < -0.3 is 10.2 Å². The van der Waals surface area contributed by atoms with Crippen LogP contribution in [0.2, 0.25) is 10.0 Å². The highest BCUT2D eigenvalue weighted by Gasteiger charge is 2.32. The quantitative estimate of drug-likeness (QED) is 0.330. The van der Waals surface area contributed by atoms with Gasteiger partial charge in [-0.25, -0.2) is 8.42 Å². The molecule has 0 unspecified atom stereocenters. The molecule has 0 saturated carbocycles. The van der Waals surface area contributed by atoms with E-state index in [9.17, 15) is 18.0 Å². The molecule has 0 heterocycles. The Bertz CT molecular complexity index is 1400. The average molecular weight is 591 g/mol. The summed E-state index contributed by atoms with van der Waals surface area (Å²) in [5.41, 5.74) is 2.90. The number of halogens is 2. The van der Waals surface area contributed by atoms with Crippen LogP contribution in [0.4, 0.5) is 5.69 Å². The summed E-state index contributed by atoms with van der Waals surface area (Å²) >= 11 is 12.3. The minimum absolute atomic E-state index is 0.0184. The minimum Gasteiger partial charge on any atom is -0.357 e. The van der Waals surface area contributed by atoms with Crippen molar-refractivity contribution in [2.75, 3.05) is 24.2 Å². The molecule has 3 aromatic carbocycles. The van der Waals surface area contributed by atoms with E-state index in [1.54, 1.807) is 30.3 Å². The van der Waals surface area contributed by atoms with Gasteiger partial charge in [-0.15, -0.1) is 0 Å². The second-order valence-corrected chi connectivity index (χ2v) is 12.3. The van der Waals surface area contributed by atoms with E-state index in [0.29, 0.717) is 21.3 Å². The molecule has 39 heavy (non-hydrogen) atoms. The van der Waals surface area contributed by atoms with Gasteiger partial charge in [0.15, 0.2) is 0 Å². The van der Waals surface area contributed by atoms with E-state index >= 15 is 0 Å². The highest BCUT2D eigenvalue weighted by atomic mass is 35.5. The van der Waals surface area contributed by atoms with Crippen LogP contribution in [0.5, 0.6) is 0 Å². The number of hydrogen-bond donors (Lipinski definition) is 1. The minimum atomic E-state index is -3.83. The average Bonchev–Trinajstić information content (AvgIpc) is 2.90. The van der Waals surface area contributed by atoms with Crippen LogP contribution in [0.1, 0.15) is 36.5 Å². The number of nitrogens with zero attached hydrogens (tertiary/aromatic N) is 2. The van der Waals surface area contributed by atoms with Crippen molar-refractivity contribution in [3.63, 3.8) is 0 Å². The summed E-state index contributed by atoms with van der Waals surface area (Å²) in [7, 11) is -2.33. The van der Waals surface area contributed by atoms with Crippen LogP contribution in [0.15, 0.2) is 72.8 Å². The number of amides is 2. The lowest BCUT2D eigenvalue weighted by molar-refractivity contribution is -0.139. The lowest BCUT2D eigenvalue weighted by Crippen LogP contribution is -2.52. The molecule has 208 valence electrons. The fourth-order valence-electron chi connectivity index (χ4n) is 4.19. The molecule has 0 fully saturated rings. The number of rotatable bonds is 11. The van der Waals surface area contributed by atoms with E-state index in [1.165, 1.54) is 11.9 Å². The number of nitrogens with one attached hydrogen (secondary N) is 1. The number of sulfonamides is 1. The van der Waals surface area contributed by atoms with Gasteiger partial charge in [-0.3, -0.25) is 13.9 Å². The molecule has 0 aliphatic heterocycles. The molecule has 3 aromatic rings. The highest BCUT2D eigenvalue weighted by molar-refractivity contribution is 7.92. The fraction of sp³-hybridized carbons (Fsp3) is 0.310. The van der Waals surface area contributed by atoms with Crippen LogP contribution in [-0.2, 0) is 32.6 Å². The first kappa shape index (κ1) is 30.5. The highest BCUT2D eigenvalue weighted by Crippen LogP contribution is 2.26. The van der Waals surface area contributed by atoms with Crippen molar-refractivity contribution < 1.29 is 18.0 Å². The number of anilines is 1. The summed E-state index contributed by atoms with van der Waals surface area (Å²) in [6, 6.07) is 20.4. The molecular weight excluding hydrogens is 557 g/mol. The van der Waals surface area contributed by atoms with Crippen LogP contribution in [-0.4, -0.2) is 51.0 Å². The molecular formula is C29H33Cl2N3O4S. The van der Waals surface area contributed by atoms with Gasteiger partial charge in [0.25, 0.3) is 0 Å². The Morgan fingerprint density at radius 3 is 2.08 bits per heavy atom. The second kappa shape index (κ2) is 13.3. The molecule has 0 aromatic heterocycles. The zero-order valence-electron chi connectivity index (χ0n) is 22.4. The van der Waals surface area contributed by atoms with Crippen molar-refractivity contribution >= 4 is 50.7 Å². The number of likely N-dealkylation sites (N-methyl/N-ethyl adjacent to an activating group) is 1. The summed E-state index contributed by atoms with van der Waals surface area (Å²) in [5.74, 6) is -0.649. The van der Waals surface area contributed by atoms with Crippen LogP contribution >= 0.6 is 23.2 Å². The van der Waals surface area contributed by atoms with Crippen molar-refractivity contribution in [1.29, 1.82) is 0 Å². The van der Waals surface area contributed by atoms with Crippen molar-refractivity contribution in [2.45, 2.75) is 38.8 Å². The molecule has 7 nitrogen and oxygen atoms in total. The summed E-state index contributed by atoms with van der Waals surface area (Å²) in [6.07, 6.45) is 1.29. The molecule has 0 radical (unpaired) electrons.